The molecular weight excluding hydrogens is 546 g/mol. The summed E-state index contributed by atoms with van der Waals surface area (Å²) >= 11 is 0. The number of carbonyl (C=O) groups excluding carboxylic acids is 3. The van der Waals surface area contributed by atoms with Crippen LogP contribution in [0.2, 0.25) is 0 Å². The van der Waals surface area contributed by atoms with Gasteiger partial charge >= 0.3 is 11.9 Å². The second kappa shape index (κ2) is 27.8. The van der Waals surface area contributed by atoms with Crippen LogP contribution in [-0.4, -0.2) is 75.5 Å². The van der Waals surface area contributed by atoms with E-state index < -0.39 is 18.1 Å². The lowest BCUT2D eigenvalue weighted by atomic mass is 10.1. The van der Waals surface area contributed by atoms with Crippen molar-refractivity contribution < 1.29 is 38.2 Å². The van der Waals surface area contributed by atoms with Gasteiger partial charge in [-0.05, 0) is 12.8 Å². The molecule has 254 valence electrons. The average Bonchev–Trinajstić information content (AvgIpc) is 2.94. The van der Waals surface area contributed by atoms with Gasteiger partial charge in [0.05, 0.1) is 40.3 Å². The quantitative estimate of drug-likeness (QED) is 0.0476. The summed E-state index contributed by atoms with van der Waals surface area (Å²) in [5.41, 5.74) is 0. The topological polar surface area (TPSA) is 102 Å². The number of carboxylic acids is 1. The van der Waals surface area contributed by atoms with Crippen molar-refractivity contribution in [3.05, 3.63) is 0 Å². The molecule has 0 saturated heterocycles. The second-order valence-electron chi connectivity index (χ2n) is 13.1. The third-order valence-electron chi connectivity index (χ3n) is 7.99. The van der Waals surface area contributed by atoms with Crippen molar-refractivity contribution in [2.45, 2.75) is 167 Å². The molecule has 0 heterocycles. The van der Waals surface area contributed by atoms with Crippen molar-refractivity contribution in [2.75, 3.05) is 41.0 Å². The summed E-state index contributed by atoms with van der Waals surface area (Å²) in [4.78, 5) is 36.4. The Labute approximate surface area is 264 Å². The summed E-state index contributed by atoms with van der Waals surface area (Å²) in [5.74, 6) is -1.73. The van der Waals surface area contributed by atoms with Gasteiger partial charge in [0.15, 0.2) is 6.10 Å². The largest absolute Gasteiger partial charge is 0.544 e. The van der Waals surface area contributed by atoms with E-state index in [2.05, 4.69) is 13.8 Å². The zero-order valence-corrected chi connectivity index (χ0v) is 28.6. The molecule has 8 heteroatoms. The minimum atomic E-state index is -1.12. The van der Waals surface area contributed by atoms with Gasteiger partial charge in [-0.3, -0.25) is 9.59 Å². The predicted octanol–water partition coefficient (Wildman–Crippen LogP) is 6.90. The number of esters is 2. The number of hydrogen-bond acceptors (Lipinski definition) is 7. The number of carboxylic acid groups (broad SMARTS) is 1. The van der Waals surface area contributed by atoms with Crippen LogP contribution in [0.15, 0.2) is 0 Å². The predicted molar refractivity (Wildman–Crippen MR) is 171 cm³/mol. The van der Waals surface area contributed by atoms with E-state index in [1.54, 1.807) is 21.1 Å². The number of rotatable bonds is 31. The third kappa shape index (κ3) is 26.5. The molecule has 2 atom stereocenters. The van der Waals surface area contributed by atoms with Crippen LogP contribution in [0.1, 0.15) is 155 Å². The molecule has 0 aromatic carbocycles. The Bertz CT molecular complexity index is 692. The van der Waals surface area contributed by atoms with E-state index in [-0.39, 0.29) is 42.7 Å². The number of quaternary nitrogens is 1. The highest BCUT2D eigenvalue weighted by atomic mass is 16.6. The van der Waals surface area contributed by atoms with E-state index in [0.717, 1.165) is 38.5 Å². The average molecular weight is 614 g/mol. The molecule has 8 nitrogen and oxygen atoms in total. The number of unbranched alkanes of at least 4 members (excludes halogenated alkanes) is 17. The first-order valence-corrected chi connectivity index (χ1v) is 17.6. The number of carbonyl (C=O) groups is 3. The highest BCUT2D eigenvalue weighted by Gasteiger charge is 2.25. The first-order valence-electron chi connectivity index (χ1n) is 17.6. The summed E-state index contributed by atoms with van der Waals surface area (Å²) in [5, 5.41) is 11.5. The molecule has 0 amide bonds. The number of nitrogens with zero attached hydrogens (tertiary/aromatic N) is 1. The fourth-order valence-corrected chi connectivity index (χ4v) is 5.19. The van der Waals surface area contributed by atoms with Crippen LogP contribution in [-0.2, 0) is 28.6 Å². The van der Waals surface area contributed by atoms with E-state index in [9.17, 15) is 19.5 Å². The molecule has 0 aromatic rings. The summed E-state index contributed by atoms with van der Waals surface area (Å²) in [6.07, 6.45) is 22.7. The lowest BCUT2D eigenvalue weighted by molar-refractivity contribution is -0.889. The fourth-order valence-electron chi connectivity index (χ4n) is 5.19. The van der Waals surface area contributed by atoms with Crippen LogP contribution in [0.3, 0.4) is 0 Å². The van der Waals surface area contributed by atoms with Crippen molar-refractivity contribution in [1.29, 1.82) is 0 Å². The van der Waals surface area contributed by atoms with E-state index in [4.69, 9.17) is 14.2 Å². The summed E-state index contributed by atoms with van der Waals surface area (Å²) < 4.78 is 17.0. The van der Waals surface area contributed by atoms with Crippen LogP contribution in [0.5, 0.6) is 0 Å². The normalized spacial score (nSPS) is 13.0. The van der Waals surface area contributed by atoms with Crippen LogP contribution in [0, 0.1) is 0 Å². The highest BCUT2D eigenvalue weighted by molar-refractivity contribution is 5.70. The number of aliphatic carboxylic acids is 1. The van der Waals surface area contributed by atoms with Gasteiger partial charge in [0.25, 0.3) is 0 Å². The SMILES string of the molecule is CCCCCCCCCCCCCC(=O)OCC(COCCC(C(=O)[O-])[N+](C)(C)C)OC(=O)CCCCCCCCCC. The number of hydrogen-bond donors (Lipinski definition) is 0. The molecule has 0 rings (SSSR count). The van der Waals surface area contributed by atoms with Crippen molar-refractivity contribution in [2.24, 2.45) is 0 Å². The van der Waals surface area contributed by atoms with Gasteiger partial charge in [-0.15, -0.1) is 0 Å². The van der Waals surface area contributed by atoms with Crippen molar-refractivity contribution >= 4 is 17.9 Å². The minimum absolute atomic E-state index is 0.0474. The maximum atomic E-state index is 12.5. The lowest BCUT2D eigenvalue weighted by Gasteiger charge is -2.34. The molecule has 0 radical (unpaired) electrons. The molecule has 43 heavy (non-hydrogen) atoms. The maximum absolute atomic E-state index is 12.5. The van der Waals surface area contributed by atoms with E-state index >= 15 is 0 Å². The van der Waals surface area contributed by atoms with Gasteiger partial charge < -0.3 is 28.6 Å². The van der Waals surface area contributed by atoms with Gasteiger partial charge in [-0.2, -0.15) is 0 Å². The van der Waals surface area contributed by atoms with Crippen molar-refractivity contribution in [1.82, 2.24) is 0 Å². The van der Waals surface area contributed by atoms with Gasteiger partial charge in [0.1, 0.15) is 12.6 Å². The zero-order chi connectivity index (χ0) is 32.2. The van der Waals surface area contributed by atoms with Gasteiger partial charge in [-0.25, -0.2) is 0 Å². The molecule has 0 aromatic heterocycles. The van der Waals surface area contributed by atoms with E-state index in [1.807, 2.05) is 0 Å². The second-order valence-corrected chi connectivity index (χ2v) is 13.1. The number of likely N-dealkylation sites (N-methyl/N-ethyl adjacent to an activating group) is 1. The molecule has 0 bridgehead atoms. The first-order chi connectivity index (χ1) is 20.6. The third-order valence-corrected chi connectivity index (χ3v) is 7.99. The molecule has 0 N–H and O–H groups in total. The summed E-state index contributed by atoms with van der Waals surface area (Å²) in [6, 6.07) is -0.716. The highest BCUT2D eigenvalue weighted by Crippen LogP contribution is 2.14. The van der Waals surface area contributed by atoms with Crippen LogP contribution < -0.4 is 5.11 Å². The Morgan fingerprint density at radius 3 is 1.44 bits per heavy atom. The molecular formula is C35H67NO7. The van der Waals surface area contributed by atoms with Gasteiger partial charge in [-0.1, -0.05) is 123 Å². The molecule has 0 aliphatic rings. The molecule has 0 saturated carbocycles. The van der Waals surface area contributed by atoms with Crippen LogP contribution in [0.4, 0.5) is 0 Å². The Balaban J connectivity index is 4.43. The van der Waals surface area contributed by atoms with E-state index in [0.29, 0.717) is 12.8 Å². The molecule has 0 fully saturated rings. The van der Waals surface area contributed by atoms with Crippen LogP contribution in [0.25, 0.3) is 0 Å². The summed E-state index contributed by atoms with van der Waals surface area (Å²) in [7, 11) is 5.39. The van der Waals surface area contributed by atoms with Crippen LogP contribution >= 0.6 is 0 Å². The lowest BCUT2D eigenvalue weighted by Crippen LogP contribution is -2.55. The number of ether oxygens (including phenoxy) is 3. The first kappa shape index (κ1) is 41.3. The fraction of sp³-hybridized carbons (Fsp3) is 0.914. The maximum Gasteiger partial charge on any atom is 0.306 e. The summed E-state index contributed by atoms with van der Waals surface area (Å²) in [6.45, 7) is 4.61. The standard InChI is InChI=1S/C35H67NO7/c1-6-8-10-12-14-16-17-18-20-21-23-25-33(37)42-30-31(29-41-28-27-32(35(39)40)36(3,4)5)43-34(38)26-24-22-19-15-13-11-9-7-2/h31-32H,6-30H2,1-5H3. The Morgan fingerprint density at radius 2 is 1.02 bits per heavy atom. The monoisotopic (exact) mass is 613 g/mol. The minimum Gasteiger partial charge on any atom is -0.544 e. The van der Waals surface area contributed by atoms with E-state index in [1.165, 1.54) is 83.5 Å². The van der Waals surface area contributed by atoms with Crippen molar-refractivity contribution in [3.63, 3.8) is 0 Å². The van der Waals surface area contributed by atoms with Gasteiger partial charge in [0.2, 0.25) is 0 Å². The molecule has 2 unspecified atom stereocenters. The molecule has 0 aliphatic carbocycles. The zero-order valence-electron chi connectivity index (χ0n) is 28.6. The van der Waals surface area contributed by atoms with Crippen molar-refractivity contribution in [3.8, 4) is 0 Å². The Hall–Kier alpha value is -1.67. The Kier molecular flexibility index (Phi) is 26.8. The van der Waals surface area contributed by atoms with Gasteiger partial charge in [0, 0.05) is 19.3 Å². The smallest absolute Gasteiger partial charge is 0.306 e. The Morgan fingerprint density at radius 1 is 0.605 bits per heavy atom. The molecule has 0 aliphatic heterocycles. The molecule has 0 spiro atoms.